The fraction of sp³-hybridized carbons (Fsp3) is 0.538. The first kappa shape index (κ1) is 20.0. The highest BCUT2D eigenvalue weighted by atomic mass is 32.2. The molecule has 0 atom stereocenters. The number of nitro groups is 2. The van der Waals surface area contributed by atoms with E-state index in [1.54, 1.807) is 6.92 Å². The average Bonchev–Trinajstić information content (AvgIpc) is 2.46. The van der Waals surface area contributed by atoms with Gasteiger partial charge in [-0.05, 0) is 25.1 Å². The summed E-state index contributed by atoms with van der Waals surface area (Å²) in [6, 6.07) is 1.46. The van der Waals surface area contributed by atoms with E-state index in [-0.39, 0.29) is 12.2 Å². The molecule has 0 aliphatic carbocycles. The van der Waals surface area contributed by atoms with Gasteiger partial charge in [0.25, 0.3) is 0 Å². The number of hydrogen-bond donors (Lipinski definition) is 0. The maximum atomic E-state index is 12.5. The van der Waals surface area contributed by atoms with Crippen LogP contribution in [-0.2, 0) is 0 Å². The van der Waals surface area contributed by atoms with Crippen LogP contribution < -0.4 is 4.90 Å². The molecule has 0 saturated heterocycles. The van der Waals surface area contributed by atoms with Crippen molar-refractivity contribution in [2.75, 3.05) is 18.0 Å². The normalized spacial score (nSPS) is 11.4. The summed E-state index contributed by atoms with van der Waals surface area (Å²) in [5.74, 6) is 0. The largest absolute Gasteiger partial charge is 0.446 e. The second-order valence-electron chi connectivity index (χ2n) is 4.81. The van der Waals surface area contributed by atoms with Crippen LogP contribution in [0.5, 0.6) is 0 Å². The Balaban J connectivity index is 3.54. The van der Waals surface area contributed by atoms with Crippen LogP contribution in [0.15, 0.2) is 17.0 Å². The standard InChI is InChI=1S/C13H16F3N3O4S/c1-3-5-6-17(4-2)12-10(18(20)21)7-9(24-13(14,15)16)8-11(12)19(22)23/h7-8H,3-6H2,1-2H3. The second kappa shape index (κ2) is 8.18. The van der Waals surface area contributed by atoms with E-state index >= 15 is 0 Å². The number of nitrogens with zero attached hydrogens (tertiary/aromatic N) is 3. The Morgan fingerprint density at radius 2 is 1.62 bits per heavy atom. The van der Waals surface area contributed by atoms with E-state index in [1.807, 2.05) is 6.92 Å². The lowest BCUT2D eigenvalue weighted by atomic mass is 10.2. The van der Waals surface area contributed by atoms with E-state index in [0.717, 1.165) is 18.6 Å². The molecule has 0 heterocycles. The van der Waals surface area contributed by atoms with Gasteiger partial charge in [0.2, 0.25) is 0 Å². The van der Waals surface area contributed by atoms with Gasteiger partial charge in [-0.3, -0.25) is 20.2 Å². The minimum absolute atomic E-state index is 0.257. The molecule has 0 amide bonds. The molecule has 1 aromatic carbocycles. The third-order valence-electron chi connectivity index (χ3n) is 3.15. The monoisotopic (exact) mass is 367 g/mol. The lowest BCUT2D eigenvalue weighted by Gasteiger charge is -2.22. The van der Waals surface area contributed by atoms with Crippen molar-refractivity contribution in [1.29, 1.82) is 0 Å². The molecule has 134 valence electrons. The van der Waals surface area contributed by atoms with E-state index in [2.05, 4.69) is 0 Å². The number of unbranched alkanes of at least 4 members (excludes halogenated alkanes) is 1. The van der Waals surface area contributed by atoms with Crippen molar-refractivity contribution in [3.63, 3.8) is 0 Å². The minimum Gasteiger partial charge on any atom is -0.361 e. The first-order chi connectivity index (χ1) is 11.1. The molecular formula is C13H16F3N3O4S. The first-order valence-electron chi connectivity index (χ1n) is 7.08. The third-order valence-corrected chi connectivity index (χ3v) is 3.85. The zero-order valence-corrected chi connectivity index (χ0v) is 13.8. The molecule has 1 rings (SSSR count). The van der Waals surface area contributed by atoms with Crippen LogP contribution in [-0.4, -0.2) is 28.4 Å². The van der Waals surface area contributed by atoms with Crippen LogP contribution in [0.4, 0.5) is 30.2 Å². The summed E-state index contributed by atoms with van der Waals surface area (Å²) in [4.78, 5) is 21.6. The molecule has 1 aromatic rings. The minimum atomic E-state index is -4.70. The lowest BCUT2D eigenvalue weighted by molar-refractivity contribution is -0.393. The number of anilines is 1. The summed E-state index contributed by atoms with van der Waals surface area (Å²) in [7, 11) is 0. The fourth-order valence-corrected chi connectivity index (χ4v) is 2.76. The van der Waals surface area contributed by atoms with Crippen molar-refractivity contribution < 1.29 is 23.0 Å². The van der Waals surface area contributed by atoms with Gasteiger partial charge in [-0.1, -0.05) is 13.3 Å². The Morgan fingerprint density at radius 3 is 1.96 bits per heavy atom. The summed E-state index contributed by atoms with van der Waals surface area (Å²) < 4.78 is 37.5. The molecule has 0 N–H and O–H groups in total. The Hall–Kier alpha value is -2.04. The van der Waals surface area contributed by atoms with Gasteiger partial charge in [-0.2, -0.15) is 13.2 Å². The second-order valence-corrected chi connectivity index (χ2v) is 5.94. The Labute approximate surface area is 140 Å². The smallest absolute Gasteiger partial charge is 0.361 e. The highest BCUT2D eigenvalue weighted by Gasteiger charge is 2.35. The number of nitro benzene ring substituents is 2. The number of hydrogen-bond acceptors (Lipinski definition) is 6. The van der Waals surface area contributed by atoms with Gasteiger partial charge in [0.1, 0.15) is 0 Å². The predicted molar refractivity (Wildman–Crippen MR) is 84.5 cm³/mol. The molecule has 0 aliphatic heterocycles. The van der Waals surface area contributed by atoms with Gasteiger partial charge in [-0.15, -0.1) is 0 Å². The molecule has 0 spiro atoms. The summed E-state index contributed by atoms with van der Waals surface area (Å²) in [5, 5.41) is 22.5. The highest BCUT2D eigenvalue weighted by Crippen LogP contribution is 2.45. The zero-order valence-electron chi connectivity index (χ0n) is 13.0. The van der Waals surface area contributed by atoms with E-state index in [0.29, 0.717) is 13.0 Å². The number of rotatable bonds is 8. The number of alkyl halides is 3. The van der Waals surface area contributed by atoms with Gasteiger partial charge < -0.3 is 4.90 Å². The van der Waals surface area contributed by atoms with Crippen molar-refractivity contribution in [2.45, 2.75) is 37.1 Å². The molecule has 11 heteroatoms. The topological polar surface area (TPSA) is 89.5 Å². The molecule has 0 bridgehead atoms. The van der Waals surface area contributed by atoms with Crippen LogP contribution >= 0.6 is 11.8 Å². The fourth-order valence-electron chi connectivity index (χ4n) is 2.15. The number of halogens is 3. The van der Waals surface area contributed by atoms with Crippen molar-refractivity contribution in [3.8, 4) is 0 Å². The maximum Gasteiger partial charge on any atom is 0.446 e. The summed E-state index contributed by atoms with van der Waals surface area (Å²) in [5.41, 5.74) is -6.36. The molecule has 0 radical (unpaired) electrons. The lowest BCUT2D eigenvalue weighted by Crippen LogP contribution is -2.25. The zero-order chi connectivity index (χ0) is 18.5. The summed E-state index contributed by atoms with van der Waals surface area (Å²) >= 11 is -0.618. The van der Waals surface area contributed by atoms with Crippen LogP contribution in [0.1, 0.15) is 26.7 Å². The molecular weight excluding hydrogens is 351 g/mol. The summed E-state index contributed by atoms with van der Waals surface area (Å²) in [6.45, 7) is 4.15. The molecule has 0 aromatic heterocycles. The Kier molecular flexibility index (Phi) is 6.81. The van der Waals surface area contributed by atoms with Gasteiger partial charge in [0.05, 0.1) is 9.85 Å². The van der Waals surface area contributed by atoms with Gasteiger partial charge in [0.15, 0.2) is 5.69 Å². The van der Waals surface area contributed by atoms with Gasteiger partial charge >= 0.3 is 16.9 Å². The van der Waals surface area contributed by atoms with E-state index in [9.17, 15) is 33.4 Å². The molecule has 0 aliphatic rings. The Morgan fingerprint density at radius 1 is 1.12 bits per heavy atom. The maximum absolute atomic E-state index is 12.5. The first-order valence-corrected chi connectivity index (χ1v) is 7.89. The van der Waals surface area contributed by atoms with E-state index in [1.165, 1.54) is 4.90 Å². The van der Waals surface area contributed by atoms with E-state index in [4.69, 9.17) is 0 Å². The van der Waals surface area contributed by atoms with Crippen molar-refractivity contribution in [3.05, 3.63) is 32.4 Å². The molecule has 24 heavy (non-hydrogen) atoms. The van der Waals surface area contributed by atoms with Crippen molar-refractivity contribution in [2.24, 2.45) is 0 Å². The molecule has 0 fully saturated rings. The quantitative estimate of drug-likeness (QED) is 0.374. The molecule has 0 saturated carbocycles. The van der Waals surface area contributed by atoms with Crippen LogP contribution in [0.25, 0.3) is 0 Å². The number of thioether (sulfide) groups is 1. The average molecular weight is 367 g/mol. The van der Waals surface area contributed by atoms with Gasteiger partial charge in [0, 0.05) is 30.1 Å². The number of benzene rings is 1. The van der Waals surface area contributed by atoms with E-state index < -0.39 is 43.4 Å². The Bertz CT molecular complexity index is 590. The van der Waals surface area contributed by atoms with Crippen LogP contribution in [0.3, 0.4) is 0 Å². The van der Waals surface area contributed by atoms with Gasteiger partial charge in [-0.25, -0.2) is 0 Å². The van der Waals surface area contributed by atoms with Crippen LogP contribution in [0.2, 0.25) is 0 Å². The predicted octanol–water partition coefficient (Wildman–Crippen LogP) is 4.74. The summed E-state index contributed by atoms with van der Waals surface area (Å²) in [6.07, 6.45) is 1.40. The van der Waals surface area contributed by atoms with Crippen molar-refractivity contribution in [1.82, 2.24) is 0 Å². The van der Waals surface area contributed by atoms with Crippen LogP contribution in [0, 0.1) is 20.2 Å². The third kappa shape index (κ3) is 5.25. The SMILES string of the molecule is CCCCN(CC)c1c([N+](=O)[O-])cc(SC(F)(F)F)cc1[N+](=O)[O-]. The highest BCUT2D eigenvalue weighted by molar-refractivity contribution is 8.00. The molecule has 7 nitrogen and oxygen atoms in total. The van der Waals surface area contributed by atoms with Crippen molar-refractivity contribution >= 4 is 28.8 Å². The molecule has 0 unspecified atom stereocenters.